The van der Waals surface area contributed by atoms with E-state index in [1.165, 1.54) is 88.4 Å². The Bertz CT molecular complexity index is 914. The van der Waals surface area contributed by atoms with Crippen LogP contribution in [0, 0.1) is 11.8 Å². The molecular formula is C37H65N2O7P. The van der Waals surface area contributed by atoms with E-state index in [9.17, 15) is 14.4 Å². The molecule has 0 bridgehead atoms. The lowest BCUT2D eigenvalue weighted by atomic mass is 9.90. The number of aldehydes is 1. The van der Waals surface area contributed by atoms with Crippen molar-refractivity contribution in [3.63, 3.8) is 0 Å². The van der Waals surface area contributed by atoms with Crippen molar-refractivity contribution >= 4 is 33.9 Å². The number of aliphatic carboxylic acids is 1. The molecule has 9 nitrogen and oxygen atoms in total. The highest BCUT2D eigenvalue weighted by atomic mass is 31.0. The first kappa shape index (κ1) is 44.6. The summed E-state index contributed by atoms with van der Waals surface area (Å²) in [6.07, 6.45) is 23.1. The number of rotatable bonds is 16. The predicted octanol–water partition coefficient (Wildman–Crippen LogP) is 7.26. The Morgan fingerprint density at radius 2 is 1.85 bits per heavy atom. The van der Waals surface area contributed by atoms with Gasteiger partial charge in [-0.3, -0.25) is 14.4 Å². The summed E-state index contributed by atoms with van der Waals surface area (Å²) < 4.78 is 9.27. The van der Waals surface area contributed by atoms with E-state index >= 15 is 0 Å². The monoisotopic (exact) mass is 680 g/mol. The van der Waals surface area contributed by atoms with Crippen molar-refractivity contribution in [2.75, 3.05) is 32.6 Å². The quantitative estimate of drug-likeness (QED) is 0.0575. The number of unbranched alkanes of at least 4 members (excludes halogenated alkanes) is 3. The van der Waals surface area contributed by atoms with E-state index in [2.05, 4.69) is 59.3 Å². The number of carbonyl (C=O) groups is 4. The van der Waals surface area contributed by atoms with Crippen LogP contribution in [0.5, 0.6) is 0 Å². The third-order valence-corrected chi connectivity index (χ3v) is 8.93. The van der Waals surface area contributed by atoms with Crippen LogP contribution in [0.2, 0.25) is 0 Å². The number of hydrogen-bond acceptors (Lipinski definition) is 7. The van der Waals surface area contributed by atoms with Crippen molar-refractivity contribution in [3.05, 3.63) is 36.5 Å². The normalized spacial score (nSPS) is 21.2. The summed E-state index contributed by atoms with van der Waals surface area (Å²) >= 11 is 0. The molecule has 3 saturated heterocycles. The predicted molar refractivity (Wildman–Crippen MR) is 194 cm³/mol. The molecule has 0 aromatic rings. The highest BCUT2D eigenvalue weighted by Gasteiger charge is 2.31. The molecule has 1 amide bonds. The van der Waals surface area contributed by atoms with Gasteiger partial charge in [-0.2, -0.15) is 0 Å². The van der Waals surface area contributed by atoms with Gasteiger partial charge in [-0.05, 0) is 110 Å². The van der Waals surface area contributed by atoms with Gasteiger partial charge in [0.15, 0.2) is 0 Å². The van der Waals surface area contributed by atoms with Crippen molar-refractivity contribution in [2.45, 2.75) is 129 Å². The minimum Gasteiger partial charge on any atom is -0.480 e. The molecule has 0 aliphatic carbocycles. The first-order valence-corrected chi connectivity index (χ1v) is 18.5. The SMILES string of the molecule is C=CCC(/C=C(\C)CC)C(=C)CCCCCCC1CCCNC1.CC1CCCO1.O=CC(=O)N1CCCCC1C(=O)O.O=COCP. The lowest BCUT2D eigenvalue weighted by Crippen LogP contribution is -2.48. The second kappa shape index (κ2) is 29.8. The fourth-order valence-corrected chi connectivity index (χ4v) is 5.86. The first-order chi connectivity index (χ1) is 22.6. The molecule has 0 saturated carbocycles. The Morgan fingerprint density at radius 3 is 2.34 bits per heavy atom. The summed E-state index contributed by atoms with van der Waals surface area (Å²) in [5.74, 6) is -0.319. The number of nitrogens with one attached hydrogen (secondary N) is 1. The smallest absolute Gasteiger partial charge is 0.326 e. The fourth-order valence-electron chi connectivity index (χ4n) is 5.79. The lowest BCUT2D eigenvalue weighted by Gasteiger charge is -2.31. The Hall–Kier alpha value is -2.35. The molecule has 0 aromatic heterocycles. The number of piperidine rings is 2. The zero-order valence-electron chi connectivity index (χ0n) is 29.6. The maximum absolute atomic E-state index is 11.0. The van der Waals surface area contributed by atoms with Crippen LogP contribution in [0.15, 0.2) is 36.5 Å². The number of carbonyl (C=O) groups excluding carboxylic acids is 3. The highest BCUT2D eigenvalue weighted by Crippen LogP contribution is 2.25. The molecule has 3 rings (SSSR count). The molecule has 0 aromatic carbocycles. The molecule has 2 N–H and O–H groups in total. The minimum atomic E-state index is -1.03. The maximum atomic E-state index is 11.0. The van der Waals surface area contributed by atoms with E-state index in [0.29, 0.717) is 37.8 Å². The summed E-state index contributed by atoms with van der Waals surface area (Å²) in [6.45, 7) is 19.1. The molecule has 3 aliphatic rings. The average molecular weight is 681 g/mol. The van der Waals surface area contributed by atoms with Gasteiger partial charge in [-0.25, -0.2) is 4.79 Å². The molecule has 3 heterocycles. The van der Waals surface area contributed by atoms with Gasteiger partial charge in [-0.15, -0.1) is 6.58 Å². The number of likely N-dealkylation sites (tertiary alicyclic amines) is 1. The van der Waals surface area contributed by atoms with E-state index < -0.39 is 17.9 Å². The van der Waals surface area contributed by atoms with Gasteiger partial charge in [0.25, 0.3) is 12.4 Å². The van der Waals surface area contributed by atoms with E-state index in [1.807, 2.05) is 6.08 Å². The van der Waals surface area contributed by atoms with Gasteiger partial charge in [0, 0.05) is 19.1 Å². The fraction of sp³-hybridized carbons (Fsp3) is 0.730. The third kappa shape index (κ3) is 22.8. The van der Waals surface area contributed by atoms with Crippen molar-refractivity contribution in [1.29, 1.82) is 0 Å². The van der Waals surface area contributed by atoms with Gasteiger partial charge in [0.05, 0.1) is 6.10 Å². The van der Waals surface area contributed by atoms with Crippen LogP contribution in [0.3, 0.4) is 0 Å². The van der Waals surface area contributed by atoms with E-state index in [0.717, 1.165) is 43.1 Å². The second-order valence-corrected chi connectivity index (χ2v) is 12.9. The van der Waals surface area contributed by atoms with E-state index in [4.69, 9.17) is 14.6 Å². The highest BCUT2D eigenvalue weighted by molar-refractivity contribution is 7.16. The van der Waals surface area contributed by atoms with Gasteiger partial charge in [-0.1, -0.05) is 65.3 Å². The molecule has 0 radical (unpaired) electrons. The number of carboxylic acids is 1. The van der Waals surface area contributed by atoms with Crippen LogP contribution >= 0.6 is 9.24 Å². The Morgan fingerprint density at radius 1 is 1.11 bits per heavy atom. The summed E-state index contributed by atoms with van der Waals surface area (Å²) in [6, 6.07) is -0.813. The number of hydrogen-bond donors (Lipinski definition) is 2. The maximum Gasteiger partial charge on any atom is 0.326 e. The standard InChI is InChI=1S/C22H39N.C8H11NO4.C5H10O.C2H5O2P/c1-5-12-22(17-19(3)6-2)20(4)13-9-7-8-10-14-21-15-11-16-23-18-21;10-5-7(11)9-4-2-1-3-6(9)8(12)13;1-5-3-2-4-6-5;3-1-4-2-5/h5,17,21-23H,1,4,6-16,18H2,2-3H3;5-6H,1-4H2,(H,12,13);5H,2-4H2,1H3;1H,2,5H2/b19-17+;;;. The van der Waals surface area contributed by atoms with Crippen LogP contribution in [0.25, 0.3) is 0 Å². The topological polar surface area (TPSA) is 122 Å². The summed E-state index contributed by atoms with van der Waals surface area (Å²) in [5, 5.41) is 12.3. The van der Waals surface area contributed by atoms with Crippen LogP contribution in [-0.4, -0.2) is 79.4 Å². The van der Waals surface area contributed by atoms with Gasteiger partial charge in [0.1, 0.15) is 12.4 Å². The van der Waals surface area contributed by atoms with E-state index in [1.54, 1.807) is 0 Å². The minimum absolute atomic E-state index is 0.168. The molecule has 3 aliphatic heterocycles. The number of amides is 1. The Labute approximate surface area is 287 Å². The average Bonchev–Trinajstić information content (AvgIpc) is 3.58. The molecule has 270 valence electrons. The van der Waals surface area contributed by atoms with Crippen molar-refractivity contribution in [1.82, 2.24) is 10.2 Å². The Balaban J connectivity index is 0.000000728. The van der Waals surface area contributed by atoms with Gasteiger partial charge >= 0.3 is 5.97 Å². The molecule has 10 heteroatoms. The van der Waals surface area contributed by atoms with E-state index in [-0.39, 0.29) is 6.29 Å². The van der Waals surface area contributed by atoms with Crippen LogP contribution in [0.1, 0.15) is 117 Å². The summed E-state index contributed by atoms with van der Waals surface area (Å²) in [5.41, 5.74) is 2.87. The van der Waals surface area contributed by atoms with Gasteiger partial charge < -0.3 is 24.8 Å². The largest absolute Gasteiger partial charge is 0.480 e. The van der Waals surface area contributed by atoms with Crippen LogP contribution in [-0.2, 0) is 28.7 Å². The molecular weight excluding hydrogens is 615 g/mol. The van der Waals surface area contributed by atoms with Crippen LogP contribution < -0.4 is 5.32 Å². The lowest BCUT2D eigenvalue weighted by molar-refractivity contribution is -0.153. The summed E-state index contributed by atoms with van der Waals surface area (Å²) in [4.78, 5) is 42.1. The number of nitrogens with zero attached hydrogens (tertiary/aromatic N) is 1. The zero-order valence-corrected chi connectivity index (χ0v) is 30.8. The first-order valence-electron chi connectivity index (χ1n) is 17.7. The second-order valence-electron chi connectivity index (χ2n) is 12.6. The molecule has 47 heavy (non-hydrogen) atoms. The molecule has 0 spiro atoms. The molecule has 3 fully saturated rings. The van der Waals surface area contributed by atoms with Crippen molar-refractivity contribution in [3.8, 4) is 0 Å². The number of ether oxygens (including phenoxy) is 2. The number of allylic oxidation sites excluding steroid dienone is 4. The zero-order chi connectivity index (χ0) is 35.3. The van der Waals surface area contributed by atoms with Crippen LogP contribution in [0.4, 0.5) is 0 Å². The Kier molecular flexibility index (Phi) is 28.3. The summed E-state index contributed by atoms with van der Waals surface area (Å²) in [7, 11) is 2.25. The van der Waals surface area contributed by atoms with Crippen molar-refractivity contribution < 1.29 is 33.8 Å². The number of carboxylic acid groups (broad SMARTS) is 1. The van der Waals surface area contributed by atoms with Crippen molar-refractivity contribution in [2.24, 2.45) is 11.8 Å². The molecule has 5 atom stereocenters. The molecule has 5 unspecified atom stereocenters. The third-order valence-electron chi connectivity index (χ3n) is 8.74. The van der Waals surface area contributed by atoms with Gasteiger partial charge in [0.2, 0.25) is 6.29 Å².